The van der Waals surface area contributed by atoms with Gasteiger partial charge in [0.1, 0.15) is 11.8 Å². The number of hydrogen-bond acceptors (Lipinski definition) is 8. The standard InChI is InChI=1S/C30H40N6O4/c1-4-19-16-23(31)27(40-3)17-26(19)35-13-10-20(11-14-35)34(2)15-12-32-24-7-5-6-21-22(24)18-36(30(21)39)25-8-9-28(37)33-29(25)38/h5-7,16-17,20,25,32H,4,8-15,18,31H2,1-3H3,(H,33,37,38). The van der Waals surface area contributed by atoms with Gasteiger partial charge in [0.15, 0.2) is 0 Å². The largest absolute Gasteiger partial charge is 0.495 e. The lowest BCUT2D eigenvalue weighted by Crippen LogP contribution is -2.52. The van der Waals surface area contributed by atoms with Gasteiger partial charge in [-0.1, -0.05) is 13.0 Å². The first kappa shape index (κ1) is 27.8. The number of nitrogens with zero attached hydrogens (tertiary/aromatic N) is 3. The minimum absolute atomic E-state index is 0.151. The number of rotatable bonds is 9. The van der Waals surface area contributed by atoms with Gasteiger partial charge in [-0.05, 0) is 56.5 Å². The van der Waals surface area contributed by atoms with E-state index in [1.54, 1.807) is 12.0 Å². The average Bonchev–Trinajstić information content (AvgIpc) is 3.29. The molecule has 3 aliphatic heterocycles. The summed E-state index contributed by atoms with van der Waals surface area (Å²) in [6, 6.07) is 9.68. The van der Waals surface area contributed by atoms with Crippen molar-refractivity contribution in [1.82, 2.24) is 15.1 Å². The second-order valence-corrected chi connectivity index (χ2v) is 10.9. The first-order valence-corrected chi connectivity index (χ1v) is 14.2. The fraction of sp³-hybridized carbons (Fsp3) is 0.500. The van der Waals surface area contributed by atoms with E-state index in [0.717, 1.165) is 62.4 Å². The molecule has 3 amide bonds. The molecule has 3 heterocycles. The third-order valence-electron chi connectivity index (χ3n) is 8.60. The number of piperidine rings is 2. The van der Waals surface area contributed by atoms with Crippen molar-refractivity contribution in [2.24, 2.45) is 0 Å². The lowest BCUT2D eigenvalue weighted by atomic mass is 10.0. The van der Waals surface area contributed by atoms with E-state index in [-0.39, 0.29) is 24.1 Å². The van der Waals surface area contributed by atoms with E-state index in [1.165, 1.54) is 11.3 Å². The van der Waals surface area contributed by atoms with Crippen molar-refractivity contribution in [2.45, 2.75) is 57.7 Å². The zero-order valence-corrected chi connectivity index (χ0v) is 23.7. The summed E-state index contributed by atoms with van der Waals surface area (Å²) in [6.07, 6.45) is 3.68. The number of hydrogen-bond donors (Lipinski definition) is 3. The highest BCUT2D eigenvalue weighted by atomic mass is 16.5. The first-order valence-electron chi connectivity index (χ1n) is 14.2. The Morgan fingerprint density at radius 3 is 2.62 bits per heavy atom. The van der Waals surface area contributed by atoms with Gasteiger partial charge in [0.05, 0.1) is 12.8 Å². The van der Waals surface area contributed by atoms with Crippen LogP contribution in [-0.2, 0) is 22.6 Å². The Morgan fingerprint density at radius 1 is 1.15 bits per heavy atom. The summed E-state index contributed by atoms with van der Waals surface area (Å²) in [6.45, 7) is 6.10. The zero-order valence-electron chi connectivity index (χ0n) is 23.7. The molecule has 10 nitrogen and oxygen atoms in total. The highest BCUT2D eigenvalue weighted by Gasteiger charge is 2.39. The van der Waals surface area contributed by atoms with Gasteiger partial charge >= 0.3 is 0 Å². The quantitative estimate of drug-likeness (QED) is 0.323. The molecule has 0 aliphatic carbocycles. The lowest BCUT2D eigenvalue weighted by molar-refractivity contribution is -0.136. The van der Waals surface area contributed by atoms with Crippen LogP contribution in [-0.4, -0.2) is 79.9 Å². The molecule has 5 rings (SSSR count). The second kappa shape index (κ2) is 11.8. The van der Waals surface area contributed by atoms with E-state index in [9.17, 15) is 14.4 Å². The maximum atomic E-state index is 13.1. The fourth-order valence-electron chi connectivity index (χ4n) is 6.24. The van der Waals surface area contributed by atoms with Crippen LogP contribution in [0.25, 0.3) is 0 Å². The molecule has 3 aliphatic rings. The number of fused-ring (bicyclic) bond motifs is 1. The second-order valence-electron chi connectivity index (χ2n) is 10.9. The number of ether oxygens (including phenoxy) is 1. The minimum Gasteiger partial charge on any atom is -0.495 e. The maximum Gasteiger partial charge on any atom is 0.255 e. The Hall–Kier alpha value is -3.79. The molecule has 40 heavy (non-hydrogen) atoms. The SMILES string of the molecule is CCc1cc(N)c(OC)cc1N1CCC(N(C)CCNc2cccc3c2CN(C2CCC(=O)NC2=O)C3=O)CC1. The number of imide groups is 1. The number of methoxy groups -OCH3 is 1. The first-order chi connectivity index (χ1) is 19.3. The molecular formula is C30H40N6O4. The fourth-order valence-corrected chi connectivity index (χ4v) is 6.24. The third kappa shape index (κ3) is 5.45. The van der Waals surface area contributed by atoms with Gasteiger partial charge in [0, 0.05) is 73.8 Å². The minimum atomic E-state index is -0.606. The van der Waals surface area contributed by atoms with Crippen LogP contribution in [0.4, 0.5) is 17.1 Å². The van der Waals surface area contributed by atoms with Crippen molar-refractivity contribution in [3.05, 3.63) is 47.0 Å². The summed E-state index contributed by atoms with van der Waals surface area (Å²) in [5, 5.41) is 5.90. The number of carbonyl (C=O) groups excluding carboxylic acids is 3. The average molecular weight is 549 g/mol. The van der Waals surface area contributed by atoms with Gasteiger partial charge < -0.3 is 30.5 Å². The predicted molar refractivity (Wildman–Crippen MR) is 156 cm³/mol. The molecule has 2 aromatic rings. The molecule has 1 atom stereocenters. The number of nitrogens with two attached hydrogens (primary N) is 1. The van der Waals surface area contributed by atoms with E-state index in [4.69, 9.17) is 10.5 Å². The van der Waals surface area contributed by atoms with E-state index >= 15 is 0 Å². The molecule has 2 fully saturated rings. The summed E-state index contributed by atoms with van der Waals surface area (Å²) in [4.78, 5) is 43.5. The van der Waals surface area contributed by atoms with Crippen molar-refractivity contribution in [3.8, 4) is 5.75 Å². The molecular weight excluding hydrogens is 508 g/mol. The summed E-state index contributed by atoms with van der Waals surface area (Å²) < 4.78 is 5.48. The Morgan fingerprint density at radius 2 is 1.93 bits per heavy atom. The topological polar surface area (TPSA) is 120 Å². The van der Waals surface area contributed by atoms with Crippen molar-refractivity contribution in [2.75, 3.05) is 56.3 Å². The van der Waals surface area contributed by atoms with Crippen LogP contribution >= 0.6 is 0 Å². The number of nitrogens with one attached hydrogen (secondary N) is 2. The van der Waals surface area contributed by atoms with Crippen LogP contribution in [0.5, 0.6) is 5.75 Å². The number of benzene rings is 2. The molecule has 2 aromatic carbocycles. The molecule has 4 N–H and O–H groups in total. The number of carbonyl (C=O) groups is 3. The normalized spacial score (nSPS) is 19.7. The summed E-state index contributed by atoms with van der Waals surface area (Å²) in [7, 11) is 3.84. The predicted octanol–water partition coefficient (Wildman–Crippen LogP) is 2.61. The van der Waals surface area contributed by atoms with Crippen LogP contribution in [0.3, 0.4) is 0 Å². The molecule has 2 saturated heterocycles. The molecule has 1 unspecified atom stereocenters. The van der Waals surface area contributed by atoms with Crippen LogP contribution in [0, 0.1) is 0 Å². The number of likely N-dealkylation sites (N-methyl/N-ethyl adjacent to an activating group) is 1. The smallest absolute Gasteiger partial charge is 0.255 e. The third-order valence-corrected chi connectivity index (χ3v) is 8.60. The van der Waals surface area contributed by atoms with Gasteiger partial charge in [0.2, 0.25) is 11.8 Å². The Balaban J connectivity index is 1.15. The van der Waals surface area contributed by atoms with Crippen LogP contribution in [0.15, 0.2) is 30.3 Å². The number of nitrogen functional groups attached to an aromatic ring is 1. The summed E-state index contributed by atoms with van der Waals surface area (Å²) >= 11 is 0. The Bertz CT molecular complexity index is 1290. The monoisotopic (exact) mass is 548 g/mol. The van der Waals surface area contributed by atoms with Gasteiger partial charge in [0.25, 0.3) is 5.91 Å². The molecule has 0 radical (unpaired) electrons. The molecule has 10 heteroatoms. The lowest BCUT2D eigenvalue weighted by Gasteiger charge is -2.38. The Labute approximate surface area is 235 Å². The van der Waals surface area contributed by atoms with Crippen molar-refractivity contribution >= 4 is 34.8 Å². The van der Waals surface area contributed by atoms with E-state index in [1.807, 2.05) is 24.3 Å². The maximum absolute atomic E-state index is 13.1. The zero-order chi connectivity index (χ0) is 28.4. The van der Waals surface area contributed by atoms with Crippen LogP contribution in [0.2, 0.25) is 0 Å². The van der Waals surface area contributed by atoms with Gasteiger partial charge in [-0.2, -0.15) is 0 Å². The summed E-state index contributed by atoms with van der Waals surface area (Å²) in [5.74, 6) is -0.0892. The van der Waals surface area contributed by atoms with Crippen molar-refractivity contribution in [3.63, 3.8) is 0 Å². The molecule has 0 spiro atoms. The van der Waals surface area contributed by atoms with Gasteiger partial charge in [-0.15, -0.1) is 0 Å². The van der Waals surface area contributed by atoms with Crippen molar-refractivity contribution < 1.29 is 19.1 Å². The highest BCUT2D eigenvalue weighted by Crippen LogP contribution is 2.35. The van der Waals surface area contributed by atoms with Gasteiger partial charge in [-0.3, -0.25) is 19.7 Å². The molecule has 214 valence electrons. The summed E-state index contributed by atoms with van der Waals surface area (Å²) in [5.41, 5.74) is 11.8. The Kier molecular flexibility index (Phi) is 8.16. The molecule has 0 saturated carbocycles. The molecule has 0 aromatic heterocycles. The number of amides is 3. The number of anilines is 3. The number of aryl methyl sites for hydroxylation is 1. The van der Waals surface area contributed by atoms with E-state index in [0.29, 0.717) is 30.3 Å². The van der Waals surface area contributed by atoms with Gasteiger partial charge in [-0.25, -0.2) is 0 Å². The van der Waals surface area contributed by atoms with E-state index in [2.05, 4.69) is 40.5 Å². The van der Waals surface area contributed by atoms with Crippen LogP contribution in [0.1, 0.15) is 54.1 Å². The van der Waals surface area contributed by atoms with Crippen molar-refractivity contribution in [1.29, 1.82) is 0 Å². The molecule has 0 bridgehead atoms. The van der Waals surface area contributed by atoms with E-state index < -0.39 is 6.04 Å². The highest BCUT2D eigenvalue weighted by molar-refractivity contribution is 6.06. The van der Waals surface area contributed by atoms with Crippen LogP contribution < -0.4 is 26.0 Å².